The second-order valence-corrected chi connectivity index (χ2v) is 6.85. The number of rotatable bonds is 7. The van der Waals surface area contributed by atoms with Crippen LogP contribution in [0.1, 0.15) is 32.6 Å². The first-order chi connectivity index (χ1) is 14.0. The van der Waals surface area contributed by atoms with Gasteiger partial charge in [0, 0.05) is 17.3 Å². The van der Waals surface area contributed by atoms with Crippen LogP contribution in [-0.2, 0) is 4.79 Å². The minimum absolute atomic E-state index is 0.126. The highest BCUT2D eigenvalue weighted by molar-refractivity contribution is 6.25. The van der Waals surface area contributed by atoms with E-state index in [-0.39, 0.29) is 23.0 Å². The third-order valence-corrected chi connectivity index (χ3v) is 4.60. The van der Waals surface area contributed by atoms with Crippen molar-refractivity contribution in [2.24, 2.45) is 4.99 Å². The fourth-order valence-corrected chi connectivity index (χ4v) is 3.09. The lowest BCUT2D eigenvalue weighted by molar-refractivity contribution is -0.111. The van der Waals surface area contributed by atoms with Crippen LogP contribution in [-0.4, -0.2) is 26.8 Å². The monoisotopic (exact) mass is 392 g/mol. The zero-order chi connectivity index (χ0) is 20.8. The van der Waals surface area contributed by atoms with Crippen molar-refractivity contribution in [1.29, 1.82) is 0 Å². The average Bonchev–Trinajstić information content (AvgIpc) is 2.70. The topological polar surface area (TPSA) is 102 Å². The molecule has 2 aromatic rings. The van der Waals surface area contributed by atoms with Gasteiger partial charge >= 0.3 is 0 Å². The molecule has 3 rings (SSSR count). The fourth-order valence-electron chi connectivity index (χ4n) is 3.09. The van der Waals surface area contributed by atoms with Crippen molar-refractivity contribution in [2.75, 3.05) is 5.32 Å². The van der Waals surface area contributed by atoms with Crippen LogP contribution in [0.5, 0.6) is 11.5 Å². The van der Waals surface area contributed by atoms with Crippen molar-refractivity contribution in [1.82, 2.24) is 0 Å². The van der Waals surface area contributed by atoms with Gasteiger partial charge in [0.1, 0.15) is 23.0 Å². The van der Waals surface area contributed by atoms with Crippen molar-refractivity contribution >= 4 is 22.9 Å². The average molecular weight is 392 g/mol. The number of anilines is 1. The molecule has 0 bridgehead atoms. The number of allylic oxidation sites excluding steroid dienone is 2. The van der Waals surface area contributed by atoms with E-state index in [4.69, 9.17) is 0 Å². The first-order valence-electron chi connectivity index (χ1n) is 9.60. The molecule has 6 nitrogen and oxygen atoms in total. The SMILES string of the molecule is CCCCCC1=C(Nc2ccc(O)cc2)C(=O)C=C(O)C1=Nc1ccc(O)cc1. The molecular formula is C23H24N2O4. The number of aromatic hydroxyl groups is 2. The number of aliphatic hydroxyl groups excluding tert-OH is 1. The van der Waals surface area contributed by atoms with Crippen LogP contribution in [0.3, 0.4) is 0 Å². The summed E-state index contributed by atoms with van der Waals surface area (Å²) in [6.45, 7) is 2.10. The molecular weight excluding hydrogens is 368 g/mol. The summed E-state index contributed by atoms with van der Waals surface area (Å²) in [6, 6.07) is 12.7. The predicted molar refractivity (Wildman–Crippen MR) is 114 cm³/mol. The highest BCUT2D eigenvalue weighted by atomic mass is 16.3. The summed E-state index contributed by atoms with van der Waals surface area (Å²) in [6.07, 6.45) is 4.59. The Bertz CT molecular complexity index is 971. The highest BCUT2D eigenvalue weighted by Gasteiger charge is 2.27. The van der Waals surface area contributed by atoms with Gasteiger partial charge in [0.15, 0.2) is 0 Å². The number of nitrogens with zero attached hydrogens (tertiary/aromatic N) is 1. The smallest absolute Gasteiger partial charge is 0.206 e. The molecule has 0 saturated carbocycles. The first kappa shape index (κ1) is 20.2. The van der Waals surface area contributed by atoms with Gasteiger partial charge in [-0.3, -0.25) is 4.79 Å². The lowest BCUT2D eigenvalue weighted by atomic mass is 9.92. The summed E-state index contributed by atoms with van der Waals surface area (Å²) in [4.78, 5) is 17.2. The Morgan fingerprint density at radius 2 is 1.52 bits per heavy atom. The number of unbranched alkanes of at least 4 members (excludes halogenated alkanes) is 2. The number of benzene rings is 2. The van der Waals surface area contributed by atoms with Crippen LogP contribution in [0, 0.1) is 0 Å². The van der Waals surface area contributed by atoms with Gasteiger partial charge in [-0.25, -0.2) is 4.99 Å². The Kier molecular flexibility index (Phi) is 6.34. The molecule has 0 fully saturated rings. The van der Waals surface area contributed by atoms with E-state index in [0.29, 0.717) is 34.8 Å². The number of aliphatic hydroxyl groups is 1. The molecule has 0 atom stereocenters. The lowest BCUT2D eigenvalue weighted by Gasteiger charge is -2.21. The van der Waals surface area contributed by atoms with E-state index < -0.39 is 0 Å². The summed E-state index contributed by atoms with van der Waals surface area (Å²) in [7, 11) is 0. The number of carbonyl (C=O) groups excluding carboxylic acids is 1. The molecule has 1 aliphatic carbocycles. The van der Waals surface area contributed by atoms with Gasteiger partial charge in [0.05, 0.1) is 11.4 Å². The van der Waals surface area contributed by atoms with E-state index in [9.17, 15) is 20.1 Å². The molecule has 0 saturated heterocycles. The quantitative estimate of drug-likeness (QED) is 0.297. The number of nitrogens with one attached hydrogen (secondary N) is 1. The molecule has 0 heterocycles. The zero-order valence-electron chi connectivity index (χ0n) is 16.2. The predicted octanol–water partition coefficient (Wildman–Crippen LogP) is 5.14. The molecule has 29 heavy (non-hydrogen) atoms. The van der Waals surface area contributed by atoms with Crippen LogP contribution in [0.2, 0.25) is 0 Å². The number of aliphatic imine (C=N–C) groups is 1. The molecule has 0 aliphatic heterocycles. The number of ketones is 1. The molecule has 0 aromatic heterocycles. The van der Waals surface area contributed by atoms with E-state index in [1.54, 1.807) is 24.3 Å². The first-order valence-corrected chi connectivity index (χ1v) is 9.60. The number of phenols is 2. The van der Waals surface area contributed by atoms with Crippen LogP contribution in [0.15, 0.2) is 76.6 Å². The van der Waals surface area contributed by atoms with Crippen molar-refractivity contribution in [2.45, 2.75) is 32.6 Å². The largest absolute Gasteiger partial charge is 0.508 e. The van der Waals surface area contributed by atoms with Crippen molar-refractivity contribution < 1.29 is 20.1 Å². The van der Waals surface area contributed by atoms with E-state index in [2.05, 4.69) is 17.2 Å². The number of hydrogen-bond acceptors (Lipinski definition) is 6. The molecule has 1 aliphatic rings. The molecule has 0 unspecified atom stereocenters. The second kappa shape index (κ2) is 9.10. The molecule has 6 heteroatoms. The Labute approximate surface area is 169 Å². The van der Waals surface area contributed by atoms with E-state index >= 15 is 0 Å². The van der Waals surface area contributed by atoms with Gasteiger partial charge in [-0.1, -0.05) is 19.8 Å². The van der Waals surface area contributed by atoms with Gasteiger partial charge < -0.3 is 20.6 Å². The summed E-state index contributed by atoms with van der Waals surface area (Å²) in [5.41, 5.74) is 2.56. The maximum Gasteiger partial charge on any atom is 0.206 e. The van der Waals surface area contributed by atoms with Crippen LogP contribution in [0.4, 0.5) is 11.4 Å². The Balaban J connectivity index is 2.04. The zero-order valence-corrected chi connectivity index (χ0v) is 16.2. The molecule has 2 aromatic carbocycles. The number of carbonyl (C=O) groups is 1. The molecule has 0 radical (unpaired) electrons. The van der Waals surface area contributed by atoms with Crippen LogP contribution < -0.4 is 5.32 Å². The number of phenolic OH excluding ortho intramolecular Hbond substituents is 2. The molecule has 0 spiro atoms. The van der Waals surface area contributed by atoms with Crippen molar-refractivity contribution in [3.05, 3.63) is 71.6 Å². The Morgan fingerprint density at radius 3 is 2.14 bits per heavy atom. The normalized spacial score (nSPS) is 15.6. The van der Waals surface area contributed by atoms with E-state index in [0.717, 1.165) is 25.3 Å². The fraction of sp³-hybridized carbons (Fsp3) is 0.217. The summed E-state index contributed by atoms with van der Waals surface area (Å²) < 4.78 is 0. The van der Waals surface area contributed by atoms with Gasteiger partial charge in [0.25, 0.3) is 0 Å². The molecule has 0 amide bonds. The summed E-state index contributed by atoms with van der Waals surface area (Å²) >= 11 is 0. The third kappa shape index (κ3) is 5.04. The third-order valence-electron chi connectivity index (χ3n) is 4.60. The van der Waals surface area contributed by atoms with E-state index in [1.807, 2.05) is 0 Å². The van der Waals surface area contributed by atoms with Gasteiger partial charge in [0.2, 0.25) is 5.78 Å². The van der Waals surface area contributed by atoms with Gasteiger partial charge in [-0.2, -0.15) is 0 Å². The second-order valence-electron chi connectivity index (χ2n) is 6.85. The minimum atomic E-state index is -0.327. The van der Waals surface area contributed by atoms with Crippen molar-refractivity contribution in [3.8, 4) is 11.5 Å². The standard InChI is InChI=1S/C23H24N2O4/c1-2-3-4-5-19-22(24-15-6-10-17(26)11-7-15)20(28)14-21(29)23(19)25-16-8-12-18(27)13-9-16/h6-14,24,26-27,29H,2-5H2,1H3. The summed E-state index contributed by atoms with van der Waals surface area (Å²) in [5.74, 6) is -0.242. The maximum absolute atomic E-state index is 12.7. The van der Waals surface area contributed by atoms with Gasteiger partial charge in [-0.05, 0) is 61.4 Å². The molecule has 150 valence electrons. The lowest BCUT2D eigenvalue weighted by Crippen LogP contribution is -2.24. The van der Waals surface area contributed by atoms with Crippen molar-refractivity contribution in [3.63, 3.8) is 0 Å². The Hall–Kier alpha value is -3.54. The molecule has 4 N–H and O–H groups in total. The summed E-state index contributed by atoms with van der Waals surface area (Å²) in [5, 5.41) is 32.6. The van der Waals surface area contributed by atoms with E-state index in [1.165, 1.54) is 24.3 Å². The Morgan fingerprint density at radius 1 is 0.897 bits per heavy atom. The van der Waals surface area contributed by atoms with Gasteiger partial charge in [-0.15, -0.1) is 0 Å². The maximum atomic E-state index is 12.7. The minimum Gasteiger partial charge on any atom is -0.508 e. The number of hydrogen-bond donors (Lipinski definition) is 4. The van der Waals surface area contributed by atoms with Crippen LogP contribution in [0.25, 0.3) is 0 Å². The highest BCUT2D eigenvalue weighted by Crippen LogP contribution is 2.29. The van der Waals surface area contributed by atoms with Crippen LogP contribution >= 0.6 is 0 Å².